The van der Waals surface area contributed by atoms with E-state index in [2.05, 4.69) is 5.43 Å². The molecule has 1 saturated carbocycles. The van der Waals surface area contributed by atoms with E-state index in [0.29, 0.717) is 12.8 Å². The predicted molar refractivity (Wildman–Crippen MR) is 73.2 cm³/mol. The summed E-state index contributed by atoms with van der Waals surface area (Å²) in [5.41, 5.74) is 3.53. The van der Waals surface area contributed by atoms with Crippen molar-refractivity contribution in [2.24, 2.45) is 11.8 Å². The number of alkyl halides is 2. The second-order valence-corrected chi connectivity index (χ2v) is 5.52. The second kappa shape index (κ2) is 5.14. The summed E-state index contributed by atoms with van der Waals surface area (Å²) in [7, 11) is 0. The van der Waals surface area contributed by atoms with E-state index in [0.717, 1.165) is 16.7 Å². The van der Waals surface area contributed by atoms with Gasteiger partial charge < -0.3 is 4.42 Å². The normalized spacial score (nSPS) is 21.1. The molecule has 1 fully saturated rings. The average molecular weight is 280 g/mol. The molecule has 1 unspecified atom stereocenters. The fraction of sp³-hybridized carbons (Fsp3) is 0.467. The molecular weight excluding hydrogens is 262 g/mol. The minimum Gasteiger partial charge on any atom is -0.459 e. The van der Waals surface area contributed by atoms with Gasteiger partial charge in [0.2, 0.25) is 5.92 Å². The molecule has 0 bridgehead atoms. The van der Waals surface area contributed by atoms with Gasteiger partial charge in [0.25, 0.3) is 0 Å². The van der Waals surface area contributed by atoms with Crippen molar-refractivity contribution in [1.82, 2.24) is 5.43 Å². The van der Waals surface area contributed by atoms with E-state index < -0.39 is 5.92 Å². The number of para-hydroxylation sites is 1. The molecule has 1 aliphatic rings. The number of rotatable bonds is 3. The first kappa shape index (κ1) is 13.5. The maximum absolute atomic E-state index is 13.2. The summed E-state index contributed by atoms with van der Waals surface area (Å²) >= 11 is 0. The fourth-order valence-electron chi connectivity index (χ4n) is 3.00. The van der Waals surface area contributed by atoms with Crippen molar-refractivity contribution < 1.29 is 13.2 Å². The van der Waals surface area contributed by atoms with Gasteiger partial charge in [-0.15, -0.1) is 0 Å². The lowest BCUT2D eigenvalue weighted by Crippen LogP contribution is -2.37. The summed E-state index contributed by atoms with van der Waals surface area (Å²) < 4.78 is 32.3. The molecule has 1 aromatic heterocycles. The monoisotopic (exact) mass is 280 g/mol. The van der Waals surface area contributed by atoms with E-state index in [4.69, 9.17) is 10.3 Å². The summed E-state index contributed by atoms with van der Waals surface area (Å²) in [5.74, 6) is 3.91. The van der Waals surface area contributed by atoms with Crippen LogP contribution in [0.25, 0.3) is 11.0 Å². The van der Waals surface area contributed by atoms with E-state index in [1.165, 1.54) is 0 Å². The number of hydrogen-bond donors (Lipinski definition) is 2. The molecule has 3 nitrogen and oxygen atoms in total. The fourth-order valence-corrected chi connectivity index (χ4v) is 3.00. The number of nitrogens with one attached hydrogen (secondary N) is 1. The third kappa shape index (κ3) is 2.55. The molecule has 0 amide bonds. The Morgan fingerprint density at radius 2 is 1.95 bits per heavy atom. The smallest absolute Gasteiger partial charge is 0.248 e. The molecule has 20 heavy (non-hydrogen) atoms. The number of furan rings is 1. The summed E-state index contributed by atoms with van der Waals surface area (Å²) in [4.78, 5) is 0. The minimum absolute atomic E-state index is 0.0733. The maximum atomic E-state index is 13.2. The van der Waals surface area contributed by atoms with Crippen LogP contribution in [-0.4, -0.2) is 5.92 Å². The van der Waals surface area contributed by atoms with Crippen LogP contribution >= 0.6 is 0 Å². The highest BCUT2D eigenvalue weighted by atomic mass is 19.3. The molecule has 0 saturated heterocycles. The Labute approximate surface area is 116 Å². The molecule has 2 aromatic rings. The molecule has 5 heteroatoms. The number of halogens is 2. The van der Waals surface area contributed by atoms with Crippen LogP contribution in [0, 0.1) is 5.92 Å². The van der Waals surface area contributed by atoms with Crippen molar-refractivity contribution >= 4 is 11.0 Å². The van der Waals surface area contributed by atoms with Crippen LogP contribution in [0.15, 0.2) is 34.7 Å². The van der Waals surface area contributed by atoms with Crippen molar-refractivity contribution in [2.75, 3.05) is 0 Å². The molecule has 0 spiro atoms. The molecule has 3 rings (SSSR count). The van der Waals surface area contributed by atoms with Crippen LogP contribution in [0.4, 0.5) is 8.78 Å². The van der Waals surface area contributed by atoms with E-state index in [1.54, 1.807) is 0 Å². The topological polar surface area (TPSA) is 51.2 Å². The van der Waals surface area contributed by atoms with E-state index in [1.807, 2.05) is 30.3 Å². The van der Waals surface area contributed by atoms with Gasteiger partial charge in [-0.05, 0) is 30.9 Å². The lowest BCUT2D eigenvalue weighted by Gasteiger charge is -2.32. The van der Waals surface area contributed by atoms with Gasteiger partial charge in [-0.2, -0.15) is 0 Å². The lowest BCUT2D eigenvalue weighted by atomic mass is 9.81. The highest BCUT2D eigenvalue weighted by molar-refractivity contribution is 5.77. The Balaban J connectivity index is 1.82. The largest absolute Gasteiger partial charge is 0.459 e. The molecule has 0 radical (unpaired) electrons. The molecule has 108 valence electrons. The summed E-state index contributed by atoms with van der Waals surface area (Å²) in [6.07, 6.45) is 0.768. The zero-order valence-corrected chi connectivity index (χ0v) is 11.1. The van der Waals surface area contributed by atoms with Crippen molar-refractivity contribution in [2.45, 2.75) is 37.6 Å². The average Bonchev–Trinajstić information content (AvgIpc) is 2.85. The van der Waals surface area contributed by atoms with Crippen LogP contribution in [0.1, 0.15) is 37.5 Å². The molecule has 1 aliphatic carbocycles. The van der Waals surface area contributed by atoms with Gasteiger partial charge in [-0.3, -0.25) is 5.84 Å². The zero-order valence-electron chi connectivity index (χ0n) is 11.1. The van der Waals surface area contributed by atoms with Crippen LogP contribution in [0.5, 0.6) is 0 Å². The van der Waals surface area contributed by atoms with Gasteiger partial charge in [0, 0.05) is 18.2 Å². The molecule has 0 aliphatic heterocycles. The van der Waals surface area contributed by atoms with Gasteiger partial charge >= 0.3 is 0 Å². The first-order valence-corrected chi connectivity index (χ1v) is 6.91. The lowest BCUT2D eigenvalue weighted by molar-refractivity contribution is -0.0505. The standard InChI is InChI=1S/C15H18F2N2O/c16-15(17)7-5-10(6-8-15)14(19-18)13-9-11-3-1-2-4-12(11)20-13/h1-4,9-10,14,19H,5-8,18H2. The van der Waals surface area contributed by atoms with Gasteiger partial charge in [-0.25, -0.2) is 14.2 Å². The van der Waals surface area contributed by atoms with E-state index in [-0.39, 0.29) is 24.8 Å². The second-order valence-electron chi connectivity index (χ2n) is 5.52. The van der Waals surface area contributed by atoms with Gasteiger partial charge in [0.15, 0.2) is 0 Å². The van der Waals surface area contributed by atoms with Crippen LogP contribution in [-0.2, 0) is 0 Å². The quantitative estimate of drug-likeness (QED) is 0.665. The number of hydrogen-bond acceptors (Lipinski definition) is 3. The van der Waals surface area contributed by atoms with E-state index >= 15 is 0 Å². The Kier molecular flexibility index (Phi) is 3.48. The predicted octanol–water partition coefficient (Wildman–Crippen LogP) is 3.76. The van der Waals surface area contributed by atoms with Gasteiger partial charge in [0.05, 0.1) is 6.04 Å². The van der Waals surface area contributed by atoms with Crippen molar-refractivity contribution in [3.8, 4) is 0 Å². The number of fused-ring (bicyclic) bond motifs is 1. The Morgan fingerprint density at radius 3 is 2.60 bits per heavy atom. The van der Waals surface area contributed by atoms with Crippen LogP contribution in [0.2, 0.25) is 0 Å². The van der Waals surface area contributed by atoms with Crippen LogP contribution < -0.4 is 11.3 Å². The maximum Gasteiger partial charge on any atom is 0.248 e. The minimum atomic E-state index is -2.52. The molecule has 1 atom stereocenters. The summed E-state index contributed by atoms with van der Waals surface area (Å²) in [6, 6.07) is 9.42. The Hall–Kier alpha value is -1.46. The summed E-state index contributed by atoms with van der Waals surface area (Å²) in [6.45, 7) is 0. The first-order valence-electron chi connectivity index (χ1n) is 6.91. The Morgan fingerprint density at radius 1 is 1.25 bits per heavy atom. The Bertz CT molecular complexity index is 553. The SMILES string of the molecule is NNC(c1cc2ccccc2o1)C1CCC(F)(F)CC1. The first-order chi connectivity index (χ1) is 9.59. The highest BCUT2D eigenvalue weighted by Crippen LogP contribution is 2.41. The molecule has 1 aromatic carbocycles. The van der Waals surface area contributed by atoms with Gasteiger partial charge in [0.1, 0.15) is 11.3 Å². The van der Waals surface area contributed by atoms with Crippen LogP contribution in [0.3, 0.4) is 0 Å². The third-order valence-corrected chi connectivity index (χ3v) is 4.16. The third-order valence-electron chi connectivity index (χ3n) is 4.16. The van der Waals surface area contributed by atoms with E-state index in [9.17, 15) is 8.78 Å². The number of benzene rings is 1. The van der Waals surface area contributed by atoms with Crippen molar-refractivity contribution in [3.63, 3.8) is 0 Å². The molecule has 3 N–H and O–H groups in total. The van der Waals surface area contributed by atoms with Gasteiger partial charge in [-0.1, -0.05) is 18.2 Å². The summed E-state index contributed by atoms with van der Waals surface area (Å²) in [5, 5.41) is 1.00. The molecule has 1 heterocycles. The number of hydrazine groups is 1. The highest BCUT2D eigenvalue weighted by Gasteiger charge is 2.38. The van der Waals surface area contributed by atoms with Crippen molar-refractivity contribution in [1.29, 1.82) is 0 Å². The van der Waals surface area contributed by atoms with Crippen molar-refractivity contribution in [3.05, 3.63) is 36.1 Å². The zero-order chi connectivity index (χ0) is 14.2. The number of nitrogens with two attached hydrogens (primary N) is 1. The molecular formula is C15H18F2N2O.